The van der Waals surface area contributed by atoms with Gasteiger partial charge in [0, 0.05) is 11.8 Å². The molecule has 4 nitrogen and oxygen atoms in total. The van der Waals surface area contributed by atoms with Crippen molar-refractivity contribution >= 4 is 0 Å². The number of hydrogen-bond donors (Lipinski definition) is 1. The van der Waals surface area contributed by atoms with Crippen LogP contribution < -0.4 is 4.74 Å². The number of hydrogen-bond acceptors (Lipinski definition) is 4. The summed E-state index contributed by atoms with van der Waals surface area (Å²) in [5.74, 6) is 2.22. The van der Waals surface area contributed by atoms with Crippen LogP contribution in [0.2, 0.25) is 0 Å². The lowest BCUT2D eigenvalue weighted by molar-refractivity contribution is 0.0432. The molecule has 4 heteroatoms. The second kappa shape index (κ2) is 14.6. The smallest absolute Gasteiger partial charge is 0.120 e. The summed E-state index contributed by atoms with van der Waals surface area (Å²) in [6.45, 7) is 16.3. The van der Waals surface area contributed by atoms with Crippen LogP contribution in [0.25, 0.3) is 0 Å². The average molecular weight is 499 g/mol. The molecule has 2 rings (SSSR count). The molecule has 0 spiro atoms. The fourth-order valence-corrected chi connectivity index (χ4v) is 4.59. The first-order chi connectivity index (χ1) is 17.2. The normalized spacial score (nSPS) is 17.8. The molecule has 202 valence electrons. The van der Waals surface area contributed by atoms with E-state index in [1.165, 1.54) is 5.56 Å². The van der Waals surface area contributed by atoms with Crippen molar-refractivity contribution in [1.82, 2.24) is 0 Å². The molecule has 1 saturated heterocycles. The third kappa shape index (κ3) is 9.78. The van der Waals surface area contributed by atoms with Crippen molar-refractivity contribution < 1.29 is 19.3 Å². The zero-order valence-corrected chi connectivity index (χ0v) is 23.8. The van der Waals surface area contributed by atoms with Gasteiger partial charge in [-0.15, -0.1) is 0 Å². The number of rotatable bonds is 17. The fraction of sp³-hybridized carbons (Fsp3) is 0.625. The Bertz CT molecular complexity index is 837. The van der Waals surface area contributed by atoms with Crippen molar-refractivity contribution in [3.63, 3.8) is 0 Å². The molecule has 0 bridgehead atoms. The highest BCUT2D eigenvalue weighted by atomic mass is 16.6. The van der Waals surface area contributed by atoms with E-state index in [-0.39, 0.29) is 11.0 Å². The maximum absolute atomic E-state index is 10.4. The topological polar surface area (TPSA) is 51.2 Å². The summed E-state index contributed by atoms with van der Waals surface area (Å²) in [7, 11) is 0. The molecule has 0 aromatic heterocycles. The molecule has 0 aliphatic carbocycles. The Hall–Kier alpha value is -2.04. The van der Waals surface area contributed by atoms with Gasteiger partial charge < -0.3 is 19.3 Å². The van der Waals surface area contributed by atoms with Crippen LogP contribution in [0.3, 0.4) is 0 Å². The monoisotopic (exact) mass is 498 g/mol. The van der Waals surface area contributed by atoms with Crippen LogP contribution in [0, 0.1) is 5.92 Å². The molecular weight excluding hydrogens is 448 g/mol. The average Bonchev–Trinajstić information content (AvgIpc) is 3.69. The van der Waals surface area contributed by atoms with E-state index in [0.717, 1.165) is 56.6 Å². The molecule has 1 heterocycles. The first kappa shape index (κ1) is 30.2. The van der Waals surface area contributed by atoms with E-state index >= 15 is 0 Å². The highest BCUT2D eigenvalue weighted by Crippen LogP contribution is 2.34. The lowest BCUT2D eigenvalue weighted by atomic mass is 9.84. The standard InChI is InChI=1S/C32H50O4/c1-8-14-28(34-23-27(33)21-25(9-2)10-3)15-13-20-31(6,7)26-16-18-29(19-17-26)36-32(11-4,12-5)22-30-24-35-30/h8,13-20,25,27,30,33H,9-12,21-24H2,1-7H3/b14-8-,20-13+,28-15+. The Balaban J connectivity index is 2.01. The summed E-state index contributed by atoms with van der Waals surface area (Å²) in [5.41, 5.74) is 0.908. The summed E-state index contributed by atoms with van der Waals surface area (Å²) >= 11 is 0. The summed E-state index contributed by atoms with van der Waals surface area (Å²) in [6.07, 6.45) is 15.9. The number of benzene rings is 1. The predicted molar refractivity (Wildman–Crippen MR) is 150 cm³/mol. The second-order valence-corrected chi connectivity index (χ2v) is 10.7. The summed E-state index contributed by atoms with van der Waals surface area (Å²) in [6, 6.07) is 8.49. The number of aliphatic hydroxyl groups is 1. The molecule has 0 amide bonds. The number of ether oxygens (including phenoxy) is 3. The van der Waals surface area contributed by atoms with Gasteiger partial charge in [0.2, 0.25) is 0 Å². The van der Waals surface area contributed by atoms with Crippen LogP contribution >= 0.6 is 0 Å². The van der Waals surface area contributed by atoms with Gasteiger partial charge in [-0.25, -0.2) is 0 Å². The summed E-state index contributed by atoms with van der Waals surface area (Å²) in [4.78, 5) is 0. The van der Waals surface area contributed by atoms with Crippen LogP contribution in [0.1, 0.15) is 92.6 Å². The molecule has 1 aromatic rings. The third-order valence-corrected chi connectivity index (χ3v) is 7.53. The van der Waals surface area contributed by atoms with Gasteiger partial charge in [-0.3, -0.25) is 0 Å². The fourth-order valence-electron chi connectivity index (χ4n) is 4.59. The minimum atomic E-state index is -0.444. The molecular formula is C32H50O4. The van der Waals surface area contributed by atoms with E-state index in [2.05, 4.69) is 71.9 Å². The number of allylic oxidation sites excluding steroid dienone is 5. The molecule has 2 atom stereocenters. The van der Waals surface area contributed by atoms with Gasteiger partial charge in [0.1, 0.15) is 23.7 Å². The van der Waals surface area contributed by atoms with Crippen LogP contribution in [-0.4, -0.2) is 36.1 Å². The van der Waals surface area contributed by atoms with Crippen LogP contribution in [0.4, 0.5) is 0 Å². The number of epoxide rings is 1. The van der Waals surface area contributed by atoms with Crippen molar-refractivity contribution in [3.05, 3.63) is 66.0 Å². The third-order valence-electron chi connectivity index (χ3n) is 7.53. The highest BCUT2D eigenvalue weighted by molar-refractivity contribution is 5.35. The van der Waals surface area contributed by atoms with Crippen molar-refractivity contribution in [3.8, 4) is 5.75 Å². The van der Waals surface area contributed by atoms with E-state index in [0.29, 0.717) is 18.6 Å². The maximum atomic E-state index is 10.4. The van der Waals surface area contributed by atoms with Crippen LogP contribution in [0.5, 0.6) is 5.75 Å². The minimum Gasteiger partial charge on any atom is -0.491 e. The van der Waals surface area contributed by atoms with E-state index in [9.17, 15) is 5.11 Å². The molecule has 36 heavy (non-hydrogen) atoms. The van der Waals surface area contributed by atoms with Crippen molar-refractivity contribution in [2.24, 2.45) is 5.92 Å². The molecule has 2 unspecified atom stereocenters. The molecule has 0 radical (unpaired) electrons. The zero-order valence-electron chi connectivity index (χ0n) is 23.8. The van der Waals surface area contributed by atoms with Gasteiger partial charge in [0.25, 0.3) is 0 Å². The largest absolute Gasteiger partial charge is 0.491 e. The molecule has 1 N–H and O–H groups in total. The Morgan fingerprint density at radius 2 is 1.75 bits per heavy atom. The van der Waals surface area contributed by atoms with E-state index in [1.807, 2.05) is 31.2 Å². The van der Waals surface area contributed by atoms with Crippen molar-refractivity contribution in [2.45, 2.75) is 110 Å². The van der Waals surface area contributed by atoms with Gasteiger partial charge in [-0.1, -0.05) is 84.7 Å². The Morgan fingerprint density at radius 3 is 2.28 bits per heavy atom. The highest BCUT2D eigenvalue weighted by Gasteiger charge is 2.37. The Kier molecular flexibility index (Phi) is 12.3. The van der Waals surface area contributed by atoms with Gasteiger partial charge in [0.15, 0.2) is 0 Å². The quantitative estimate of drug-likeness (QED) is 0.135. The number of aliphatic hydroxyl groups excluding tert-OH is 1. The lowest BCUT2D eigenvalue weighted by Crippen LogP contribution is -2.36. The zero-order chi connectivity index (χ0) is 26.6. The molecule has 0 saturated carbocycles. The van der Waals surface area contributed by atoms with E-state index in [1.54, 1.807) is 0 Å². The van der Waals surface area contributed by atoms with Gasteiger partial charge in [-0.2, -0.15) is 0 Å². The predicted octanol–water partition coefficient (Wildman–Crippen LogP) is 7.91. The first-order valence-electron chi connectivity index (χ1n) is 13.9. The molecule has 1 aliphatic rings. The molecule has 1 aliphatic heterocycles. The Morgan fingerprint density at radius 1 is 1.11 bits per heavy atom. The first-order valence-corrected chi connectivity index (χ1v) is 13.9. The maximum Gasteiger partial charge on any atom is 0.120 e. The van der Waals surface area contributed by atoms with Gasteiger partial charge >= 0.3 is 0 Å². The molecule has 1 aromatic carbocycles. The Labute approximate surface area is 220 Å². The van der Waals surface area contributed by atoms with Crippen molar-refractivity contribution in [1.29, 1.82) is 0 Å². The van der Waals surface area contributed by atoms with Crippen LogP contribution in [0.15, 0.2) is 60.4 Å². The second-order valence-electron chi connectivity index (χ2n) is 10.7. The summed E-state index contributed by atoms with van der Waals surface area (Å²) in [5, 5.41) is 10.4. The lowest BCUT2D eigenvalue weighted by Gasteiger charge is -2.32. The molecule has 1 fully saturated rings. The van der Waals surface area contributed by atoms with E-state index in [4.69, 9.17) is 14.2 Å². The van der Waals surface area contributed by atoms with Gasteiger partial charge in [-0.05, 0) is 62.0 Å². The summed E-state index contributed by atoms with van der Waals surface area (Å²) < 4.78 is 17.9. The van der Waals surface area contributed by atoms with Crippen molar-refractivity contribution in [2.75, 3.05) is 13.2 Å². The minimum absolute atomic E-state index is 0.153. The SMILES string of the molecule is C\C=C/C(=C\C=C\C(C)(C)c1ccc(OC(CC)(CC)CC2CO2)cc1)OCC(O)CC(CC)CC. The van der Waals surface area contributed by atoms with Gasteiger partial charge in [0.05, 0.1) is 18.8 Å². The van der Waals surface area contributed by atoms with Crippen LogP contribution in [-0.2, 0) is 14.9 Å². The van der Waals surface area contributed by atoms with E-state index < -0.39 is 6.10 Å².